The van der Waals surface area contributed by atoms with E-state index >= 15 is 0 Å². The molecule has 1 heterocycles. The second-order valence-corrected chi connectivity index (χ2v) is 4.65. The average Bonchev–Trinajstić information content (AvgIpc) is 2.17. The van der Waals surface area contributed by atoms with Crippen LogP contribution in [0.5, 0.6) is 0 Å². The molecule has 1 saturated heterocycles. The van der Waals surface area contributed by atoms with Gasteiger partial charge in [-0.05, 0) is 24.1 Å². The highest BCUT2D eigenvalue weighted by molar-refractivity contribution is 9.10. The fourth-order valence-electron chi connectivity index (χ4n) is 1.76. The predicted octanol–water partition coefficient (Wildman–Crippen LogP) is 1.08. The molecule has 1 atom stereocenters. The predicted molar refractivity (Wildman–Crippen MR) is 62.6 cm³/mol. The van der Waals surface area contributed by atoms with Gasteiger partial charge in [-0.25, -0.2) is 0 Å². The van der Waals surface area contributed by atoms with Crippen molar-refractivity contribution < 1.29 is 4.79 Å². The van der Waals surface area contributed by atoms with Gasteiger partial charge in [-0.15, -0.1) is 0 Å². The van der Waals surface area contributed by atoms with Gasteiger partial charge in [-0.1, -0.05) is 28.1 Å². The minimum atomic E-state index is 0.0845. The number of carbonyl (C=O) groups excluding carboxylic acids is 1. The molecule has 1 unspecified atom stereocenters. The van der Waals surface area contributed by atoms with Crippen molar-refractivity contribution in [1.29, 1.82) is 0 Å². The molecule has 0 bridgehead atoms. The first-order valence-corrected chi connectivity index (χ1v) is 5.78. The van der Waals surface area contributed by atoms with Crippen LogP contribution in [0.25, 0.3) is 0 Å². The molecule has 1 aliphatic heterocycles. The lowest BCUT2D eigenvalue weighted by atomic mass is 10.0. The van der Waals surface area contributed by atoms with Gasteiger partial charge in [0.1, 0.15) is 0 Å². The summed E-state index contributed by atoms with van der Waals surface area (Å²) < 4.78 is 1.08. The summed E-state index contributed by atoms with van der Waals surface area (Å²) in [4.78, 5) is 11.1. The highest BCUT2D eigenvalue weighted by Crippen LogP contribution is 2.13. The molecule has 1 aliphatic rings. The van der Waals surface area contributed by atoms with Gasteiger partial charge in [-0.2, -0.15) is 0 Å². The van der Waals surface area contributed by atoms with Gasteiger partial charge in [0.05, 0.1) is 6.54 Å². The van der Waals surface area contributed by atoms with Crippen molar-refractivity contribution >= 4 is 21.8 Å². The highest BCUT2D eigenvalue weighted by atomic mass is 79.9. The van der Waals surface area contributed by atoms with E-state index in [9.17, 15) is 4.79 Å². The van der Waals surface area contributed by atoms with E-state index in [1.54, 1.807) is 0 Å². The first-order valence-electron chi connectivity index (χ1n) is 4.98. The molecule has 1 fully saturated rings. The highest BCUT2D eigenvalue weighted by Gasteiger charge is 2.17. The van der Waals surface area contributed by atoms with E-state index in [-0.39, 0.29) is 11.9 Å². The van der Waals surface area contributed by atoms with E-state index in [2.05, 4.69) is 38.7 Å². The van der Waals surface area contributed by atoms with Crippen LogP contribution < -0.4 is 10.6 Å². The fourth-order valence-corrected chi connectivity index (χ4v) is 2.21. The quantitative estimate of drug-likeness (QED) is 0.843. The number of amides is 1. The summed E-state index contributed by atoms with van der Waals surface area (Å²) in [6, 6.07) is 8.38. The smallest absolute Gasteiger partial charge is 0.234 e. The Labute approximate surface area is 97.4 Å². The summed E-state index contributed by atoms with van der Waals surface area (Å²) in [5, 5.41) is 6.06. The number of hydrogen-bond donors (Lipinski definition) is 2. The Morgan fingerprint density at radius 1 is 1.47 bits per heavy atom. The van der Waals surface area contributed by atoms with Crippen LogP contribution in [-0.2, 0) is 11.2 Å². The van der Waals surface area contributed by atoms with Crippen molar-refractivity contribution in [3.8, 4) is 0 Å². The van der Waals surface area contributed by atoms with Crippen LogP contribution in [0.4, 0.5) is 0 Å². The molecular weight excluding hydrogens is 256 g/mol. The van der Waals surface area contributed by atoms with Crippen molar-refractivity contribution in [3.05, 3.63) is 34.3 Å². The lowest BCUT2D eigenvalue weighted by Gasteiger charge is -2.24. The zero-order chi connectivity index (χ0) is 10.7. The summed E-state index contributed by atoms with van der Waals surface area (Å²) in [6.07, 6.45) is 0.873. The van der Waals surface area contributed by atoms with Gasteiger partial charge < -0.3 is 10.6 Å². The summed E-state index contributed by atoms with van der Waals surface area (Å²) >= 11 is 3.44. The minimum Gasteiger partial charge on any atom is -0.351 e. The Morgan fingerprint density at radius 2 is 2.33 bits per heavy atom. The molecule has 1 aromatic carbocycles. The molecule has 4 heteroatoms. The first kappa shape index (κ1) is 10.6. The summed E-state index contributed by atoms with van der Waals surface area (Å²) in [5.74, 6) is 0.0845. The lowest BCUT2D eigenvalue weighted by Crippen LogP contribution is -2.52. The molecule has 0 radical (unpaired) electrons. The summed E-state index contributed by atoms with van der Waals surface area (Å²) in [5.41, 5.74) is 1.23. The third-order valence-corrected chi connectivity index (χ3v) is 2.91. The van der Waals surface area contributed by atoms with Crippen LogP contribution >= 0.6 is 15.9 Å². The molecule has 1 aromatic rings. The lowest BCUT2D eigenvalue weighted by molar-refractivity contribution is -0.122. The van der Waals surface area contributed by atoms with Gasteiger partial charge in [-0.3, -0.25) is 4.79 Å². The van der Waals surface area contributed by atoms with Crippen LogP contribution in [0.1, 0.15) is 5.56 Å². The van der Waals surface area contributed by atoms with Crippen molar-refractivity contribution in [2.24, 2.45) is 0 Å². The SMILES string of the molecule is O=C1CNCC(Cc2cccc(Br)c2)N1. The second-order valence-electron chi connectivity index (χ2n) is 3.73. The fraction of sp³-hybridized carbons (Fsp3) is 0.364. The summed E-state index contributed by atoms with van der Waals surface area (Å²) in [6.45, 7) is 1.28. The van der Waals surface area contributed by atoms with Crippen molar-refractivity contribution in [1.82, 2.24) is 10.6 Å². The van der Waals surface area contributed by atoms with Gasteiger partial charge in [0, 0.05) is 17.1 Å². The zero-order valence-electron chi connectivity index (χ0n) is 8.29. The number of hydrogen-bond acceptors (Lipinski definition) is 2. The van der Waals surface area contributed by atoms with Gasteiger partial charge in [0.15, 0.2) is 0 Å². The molecule has 2 rings (SSSR count). The maximum atomic E-state index is 11.1. The first-order chi connectivity index (χ1) is 7.24. The normalized spacial score (nSPS) is 21.1. The average molecular weight is 269 g/mol. The van der Waals surface area contributed by atoms with Crippen LogP contribution in [0.2, 0.25) is 0 Å². The molecule has 0 saturated carbocycles. The molecule has 2 N–H and O–H groups in total. The number of halogens is 1. The maximum Gasteiger partial charge on any atom is 0.234 e. The second kappa shape index (κ2) is 4.77. The Bertz CT molecular complexity index is 367. The number of piperazine rings is 1. The van der Waals surface area contributed by atoms with Gasteiger partial charge in [0.2, 0.25) is 5.91 Å². The van der Waals surface area contributed by atoms with Crippen molar-refractivity contribution in [2.45, 2.75) is 12.5 Å². The molecule has 0 spiro atoms. The molecule has 0 aromatic heterocycles. The van der Waals surface area contributed by atoms with Crippen LogP contribution in [0.15, 0.2) is 28.7 Å². The third kappa shape index (κ3) is 3.04. The van der Waals surface area contributed by atoms with Crippen molar-refractivity contribution in [3.63, 3.8) is 0 Å². The van der Waals surface area contributed by atoms with Gasteiger partial charge in [0.25, 0.3) is 0 Å². The largest absolute Gasteiger partial charge is 0.351 e. The van der Waals surface area contributed by atoms with E-state index in [4.69, 9.17) is 0 Å². The standard InChI is InChI=1S/C11H13BrN2O/c12-9-3-1-2-8(4-9)5-10-6-13-7-11(15)14-10/h1-4,10,13H,5-7H2,(H,14,15). The Morgan fingerprint density at radius 3 is 3.07 bits per heavy atom. The third-order valence-electron chi connectivity index (χ3n) is 2.41. The number of carbonyl (C=O) groups is 1. The van der Waals surface area contributed by atoms with Crippen LogP contribution in [0, 0.1) is 0 Å². The van der Waals surface area contributed by atoms with E-state index in [0.29, 0.717) is 6.54 Å². The number of rotatable bonds is 2. The maximum absolute atomic E-state index is 11.1. The molecule has 80 valence electrons. The van der Waals surface area contributed by atoms with Crippen LogP contribution in [-0.4, -0.2) is 25.0 Å². The Kier molecular flexibility index (Phi) is 3.38. The van der Waals surface area contributed by atoms with Gasteiger partial charge >= 0.3 is 0 Å². The molecular formula is C11H13BrN2O. The minimum absolute atomic E-state index is 0.0845. The molecule has 1 amide bonds. The molecule has 3 nitrogen and oxygen atoms in total. The Hall–Kier alpha value is -0.870. The van der Waals surface area contributed by atoms with E-state index in [1.807, 2.05) is 12.1 Å². The molecule has 15 heavy (non-hydrogen) atoms. The van der Waals surface area contributed by atoms with E-state index in [0.717, 1.165) is 17.4 Å². The van der Waals surface area contributed by atoms with E-state index < -0.39 is 0 Å². The topological polar surface area (TPSA) is 41.1 Å². The Balaban J connectivity index is 1.99. The summed E-state index contributed by atoms with van der Waals surface area (Å²) in [7, 11) is 0. The van der Waals surface area contributed by atoms with Crippen molar-refractivity contribution in [2.75, 3.05) is 13.1 Å². The number of nitrogens with one attached hydrogen (secondary N) is 2. The van der Waals surface area contributed by atoms with E-state index in [1.165, 1.54) is 5.56 Å². The zero-order valence-corrected chi connectivity index (χ0v) is 9.88. The monoisotopic (exact) mass is 268 g/mol. The molecule has 0 aliphatic carbocycles. The number of benzene rings is 1. The van der Waals surface area contributed by atoms with Crippen LogP contribution in [0.3, 0.4) is 0 Å².